The Bertz CT molecular complexity index is 782. The number of para-hydroxylation sites is 1. The monoisotopic (exact) mass is 317 g/mol. The van der Waals surface area contributed by atoms with Gasteiger partial charge in [0.05, 0.1) is 16.8 Å². The van der Waals surface area contributed by atoms with Crippen molar-refractivity contribution in [2.24, 2.45) is 0 Å². The van der Waals surface area contributed by atoms with Crippen LogP contribution in [0, 0.1) is 0 Å². The van der Waals surface area contributed by atoms with E-state index in [-0.39, 0.29) is 5.56 Å². The van der Waals surface area contributed by atoms with Crippen molar-refractivity contribution in [3.8, 4) is 5.69 Å². The zero-order valence-corrected chi connectivity index (χ0v) is 11.2. The standard InChI is InChI=1S/C13H8BrN3O2/c14-9-5-1-2-6-10(9)17-11-7-3-4-8(13(18)19)12(11)15-16-17/h1-7H,(H,18,19). The molecular formula is C13H8BrN3O2. The first-order valence-corrected chi connectivity index (χ1v) is 6.30. The normalized spacial score (nSPS) is 10.8. The Morgan fingerprint density at radius 1 is 1.16 bits per heavy atom. The van der Waals surface area contributed by atoms with Crippen LogP contribution in [0.25, 0.3) is 16.7 Å². The van der Waals surface area contributed by atoms with Crippen LogP contribution in [-0.4, -0.2) is 26.1 Å². The predicted molar refractivity (Wildman–Crippen MR) is 73.5 cm³/mol. The molecule has 1 N–H and O–H groups in total. The molecule has 0 aliphatic rings. The van der Waals surface area contributed by atoms with Gasteiger partial charge in [-0.25, -0.2) is 9.48 Å². The van der Waals surface area contributed by atoms with Crippen LogP contribution < -0.4 is 0 Å². The van der Waals surface area contributed by atoms with Crippen molar-refractivity contribution in [2.75, 3.05) is 0 Å². The molecule has 0 bridgehead atoms. The Hall–Kier alpha value is -2.21. The van der Waals surface area contributed by atoms with Crippen molar-refractivity contribution >= 4 is 32.9 Å². The second-order valence-electron chi connectivity index (χ2n) is 3.93. The maximum atomic E-state index is 11.1. The van der Waals surface area contributed by atoms with Crippen molar-refractivity contribution < 1.29 is 9.90 Å². The van der Waals surface area contributed by atoms with Gasteiger partial charge < -0.3 is 5.11 Å². The number of aromatic carboxylic acids is 1. The first kappa shape index (κ1) is 11.9. The summed E-state index contributed by atoms with van der Waals surface area (Å²) in [5.74, 6) is -1.01. The molecule has 0 saturated heterocycles. The fraction of sp³-hybridized carbons (Fsp3) is 0. The van der Waals surface area contributed by atoms with E-state index in [9.17, 15) is 4.79 Å². The third-order valence-electron chi connectivity index (χ3n) is 2.79. The Morgan fingerprint density at radius 2 is 1.95 bits per heavy atom. The molecule has 0 aliphatic carbocycles. The number of hydrogen-bond acceptors (Lipinski definition) is 3. The lowest BCUT2D eigenvalue weighted by molar-refractivity contribution is 0.0699. The number of carboxylic acids is 1. The molecule has 94 valence electrons. The first-order chi connectivity index (χ1) is 9.18. The van der Waals surface area contributed by atoms with Gasteiger partial charge in [0.15, 0.2) is 0 Å². The summed E-state index contributed by atoms with van der Waals surface area (Å²) < 4.78 is 2.48. The minimum atomic E-state index is -1.01. The second-order valence-corrected chi connectivity index (χ2v) is 4.79. The van der Waals surface area contributed by atoms with Crippen LogP contribution in [0.15, 0.2) is 46.9 Å². The van der Waals surface area contributed by atoms with Crippen molar-refractivity contribution in [2.45, 2.75) is 0 Å². The molecule has 2 aromatic carbocycles. The number of hydrogen-bond donors (Lipinski definition) is 1. The highest BCUT2D eigenvalue weighted by molar-refractivity contribution is 9.10. The van der Waals surface area contributed by atoms with Crippen molar-refractivity contribution in [3.63, 3.8) is 0 Å². The van der Waals surface area contributed by atoms with Crippen LogP contribution in [0.5, 0.6) is 0 Å². The van der Waals surface area contributed by atoms with E-state index in [2.05, 4.69) is 26.2 Å². The van der Waals surface area contributed by atoms with E-state index in [1.807, 2.05) is 24.3 Å². The highest BCUT2D eigenvalue weighted by atomic mass is 79.9. The molecule has 0 amide bonds. The van der Waals surface area contributed by atoms with Crippen LogP contribution in [0.1, 0.15) is 10.4 Å². The number of aromatic nitrogens is 3. The van der Waals surface area contributed by atoms with E-state index < -0.39 is 5.97 Å². The average Bonchev–Trinajstić information content (AvgIpc) is 2.82. The molecule has 0 unspecified atom stereocenters. The summed E-state index contributed by atoms with van der Waals surface area (Å²) in [5.41, 5.74) is 2.00. The van der Waals surface area contributed by atoms with Gasteiger partial charge in [-0.3, -0.25) is 0 Å². The Kier molecular flexibility index (Phi) is 2.79. The minimum Gasteiger partial charge on any atom is -0.478 e. The van der Waals surface area contributed by atoms with E-state index in [1.54, 1.807) is 16.8 Å². The summed E-state index contributed by atoms with van der Waals surface area (Å²) in [6.45, 7) is 0. The average molecular weight is 318 g/mol. The largest absolute Gasteiger partial charge is 0.478 e. The number of fused-ring (bicyclic) bond motifs is 1. The topological polar surface area (TPSA) is 68.0 Å². The van der Waals surface area contributed by atoms with E-state index >= 15 is 0 Å². The minimum absolute atomic E-state index is 0.149. The molecule has 1 aromatic heterocycles. The number of nitrogens with zero attached hydrogens (tertiary/aromatic N) is 3. The number of rotatable bonds is 2. The maximum absolute atomic E-state index is 11.1. The van der Waals surface area contributed by atoms with Crippen LogP contribution >= 0.6 is 15.9 Å². The second kappa shape index (κ2) is 4.47. The summed E-state index contributed by atoms with van der Waals surface area (Å²) in [5, 5.41) is 17.1. The maximum Gasteiger partial charge on any atom is 0.338 e. The quantitative estimate of drug-likeness (QED) is 0.789. The molecule has 19 heavy (non-hydrogen) atoms. The predicted octanol–water partition coefficient (Wildman–Crippen LogP) is 2.88. The Balaban J connectivity index is 2.31. The highest BCUT2D eigenvalue weighted by Gasteiger charge is 2.15. The van der Waals surface area contributed by atoms with Crippen LogP contribution in [0.2, 0.25) is 0 Å². The SMILES string of the molecule is O=C(O)c1cccc2c1nnn2-c1ccccc1Br. The summed E-state index contributed by atoms with van der Waals surface area (Å²) in [4.78, 5) is 11.1. The number of halogens is 1. The highest BCUT2D eigenvalue weighted by Crippen LogP contribution is 2.24. The Morgan fingerprint density at radius 3 is 2.68 bits per heavy atom. The third kappa shape index (κ3) is 1.90. The van der Waals surface area contributed by atoms with Crippen LogP contribution in [-0.2, 0) is 0 Å². The van der Waals surface area contributed by atoms with Crippen LogP contribution in [0.3, 0.4) is 0 Å². The summed E-state index contributed by atoms with van der Waals surface area (Å²) >= 11 is 3.45. The van der Waals surface area contributed by atoms with E-state index in [4.69, 9.17) is 5.11 Å². The van der Waals surface area contributed by atoms with Gasteiger partial charge in [-0.05, 0) is 40.2 Å². The van der Waals surface area contributed by atoms with Crippen LogP contribution in [0.4, 0.5) is 0 Å². The van der Waals surface area contributed by atoms with Crippen molar-refractivity contribution in [3.05, 3.63) is 52.5 Å². The van der Waals surface area contributed by atoms with Gasteiger partial charge in [-0.15, -0.1) is 5.10 Å². The molecule has 0 spiro atoms. The molecule has 5 nitrogen and oxygen atoms in total. The lowest BCUT2D eigenvalue weighted by Crippen LogP contribution is -1.99. The lowest BCUT2D eigenvalue weighted by atomic mass is 10.2. The molecular weight excluding hydrogens is 310 g/mol. The molecule has 3 rings (SSSR count). The third-order valence-corrected chi connectivity index (χ3v) is 3.46. The first-order valence-electron chi connectivity index (χ1n) is 5.51. The number of benzene rings is 2. The molecule has 3 aromatic rings. The van der Waals surface area contributed by atoms with E-state index in [0.717, 1.165) is 10.2 Å². The van der Waals surface area contributed by atoms with E-state index in [1.165, 1.54) is 6.07 Å². The van der Waals surface area contributed by atoms with Gasteiger partial charge in [0.25, 0.3) is 0 Å². The van der Waals surface area contributed by atoms with Gasteiger partial charge in [0, 0.05) is 4.47 Å². The summed E-state index contributed by atoms with van der Waals surface area (Å²) in [6.07, 6.45) is 0. The van der Waals surface area contributed by atoms with Crippen molar-refractivity contribution in [1.29, 1.82) is 0 Å². The zero-order valence-electron chi connectivity index (χ0n) is 9.62. The molecule has 1 heterocycles. The van der Waals surface area contributed by atoms with Crippen molar-refractivity contribution in [1.82, 2.24) is 15.0 Å². The smallest absolute Gasteiger partial charge is 0.338 e. The molecule has 0 radical (unpaired) electrons. The lowest BCUT2D eigenvalue weighted by Gasteiger charge is -2.04. The van der Waals surface area contributed by atoms with Gasteiger partial charge in [-0.2, -0.15) is 0 Å². The number of carboxylic acid groups (broad SMARTS) is 1. The van der Waals surface area contributed by atoms with Gasteiger partial charge in [0.2, 0.25) is 0 Å². The van der Waals surface area contributed by atoms with E-state index in [0.29, 0.717) is 11.0 Å². The molecule has 0 atom stereocenters. The number of carbonyl (C=O) groups is 1. The fourth-order valence-corrected chi connectivity index (χ4v) is 2.37. The fourth-order valence-electron chi connectivity index (χ4n) is 1.92. The molecule has 6 heteroatoms. The van der Waals surface area contributed by atoms with Gasteiger partial charge >= 0.3 is 5.97 Å². The Labute approximate surface area is 116 Å². The summed E-state index contributed by atoms with van der Waals surface area (Å²) in [7, 11) is 0. The van der Waals surface area contributed by atoms with Gasteiger partial charge in [0.1, 0.15) is 5.52 Å². The van der Waals surface area contributed by atoms with Gasteiger partial charge in [-0.1, -0.05) is 23.4 Å². The molecule has 0 aliphatic heterocycles. The molecule has 0 fully saturated rings. The summed E-state index contributed by atoms with van der Waals surface area (Å²) in [6, 6.07) is 12.5. The molecule has 0 saturated carbocycles. The zero-order chi connectivity index (χ0) is 13.4.